The Morgan fingerprint density at radius 2 is 2.20 bits per heavy atom. The standard InChI is InChI=1S/C11H17BrN2O/c1-14-9-10(8-13-14)4-2-5-11(15)6-3-7-12/h8-9H,2-7H2,1H3. The van der Waals surface area contributed by atoms with Crippen molar-refractivity contribution >= 4 is 21.7 Å². The Morgan fingerprint density at radius 3 is 2.80 bits per heavy atom. The molecule has 0 aliphatic carbocycles. The average Bonchev–Trinajstić information content (AvgIpc) is 2.61. The fourth-order valence-corrected chi connectivity index (χ4v) is 1.76. The number of rotatable bonds is 7. The lowest BCUT2D eigenvalue weighted by Gasteiger charge is -1.98. The summed E-state index contributed by atoms with van der Waals surface area (Å²) in [5.41, 5.74) is 1.21. The van der Waals surface area contributed by atoms with Crippen LogP contribution < -0.4 is 0 Å². The van der Waals surface area contributed by atoms with Crippen LogP contribution in [0, 0.1) is 0 Å². The molecule has 0 atom stereocenters. The van der Waals surface area contributed by atoms with Crippen molar-refractivity contribution in [2.45, 2.75) is 32.1 Å². The van der Waals surface area contributed by atoms with E-state index < -0.39 is 0 Å². The van der Waals surface area contributed by atoms with E-state index in [0.717, 1.165) is 24.6 Å². The first kappa shape index (κ1) is 12.4. The third-order valence-corrected chi connectivity index (χ3v) is 2.83. The van der Waals surface area contributed by atoms with Gasteiger partial charge in [-0.05, 0) is 24.8 Å². The molecular weight excluding hydrogens is 256 g/mol. The van der Waals surface area contributed by atoms with Crippen LogP contribution in [0.1, 0.15) is 31.2 Å². The Labute approximate surface area is 99.0 Å². The van der Waals surface area contributed by atoms with Crippen LogP contribution in [0.4, 0.5) is 0 Å². The Hall–Kier alpha value is -0.640. The Balaban J connectivity index is 2.13. The smallest absolute Gasteiger partial charge is 0.132 e. The summed E-state index contributed by atoms with van der Waals surface area (Å²) in [6.45, 7) is 0. The first-order chi connectivity index (χ1) is 7.22. The van der Waals surface area contributed by atoms with E-state index in [-0.39, 0.29) is 0 Å². The van der Waals surface area contributed by atoms with Gasteiger partial charge in [-0.15, -0.1) is 0 Å². The Kier molecular flexibility index (Phi) is 5.61. The quantitative estimate of drug-likeness (QED) is 0.715. The van der Waals surface area contributed by atoms with E-state index in [0.29, 0.717) is 18.6 Å². The van der Waals surface area contributed by atoms with Crippen LogP contribution in [0.2, 0.25) is 0 Å². The van der Waals surface area contributed by atoms with Crippen molar-refractivity contribution in [3.05, 3.63) is 18.0 Å². The first-order valence-corrected chi connectivity index (χ1v) is 6.39. The lowest BCUT2D eigenvalue weighted by Crippen LogP contribution is -1.98. The third-order valence-electron chi connectivity index (χ3n) is 2.27. The number of halogens is 1. The highest BCUT2D eigenvalue weighted by atomic mass is 79.9. The van der Waals surface area contributed by atoms with E-state index in [4.69, 9.17) is 0 Å². The van der Waals surface area contributed by atoms with Gasteiger partial charge in [0.2, 0.25) is 0 Å². The maximum atomic E-state index is 11.4. The van der Waals surface area contributed by atoms with Gasteiger partial charge in [-0.2, -0.15) is 5.10 Å². The molecule has 3 nitrogen and oxygen atoms in total. The number of aromatic nitrogens is 2. The zero-order valence-corrected chi connectivity index (χ0v) is 10.7. The normalized spacial score (nSPS) is 10.5. The SMILES string of the molecule is Cn1cc(CCCC(=O)CCCBr)cn1. The predicted octanol–water partition coefficient (Wildman–Crippen LogP) is 2.49. The summed E-state index contributed by atoms with van der Waals surface area (Å²) in [7, 11) is 1.91. The zero-order chi connectivity index (χ0) is 11.1. The van der Waals surface area contributed by atoms with E-state index in [1.807, 2.05) is 19.4 Å². The summed E-state index contributed by atoms with van der Waals surface area (Å²) in [5.74, 6) is 0.373. The number of hydrogen-bond acceptors (Lipinski definition) is 2. The zero-order valence-electron chi connectivity index (χ0n) is 9.08. The number of carbonyl (C=O) groups excluding carboxylic acids is 1. The molecule has 0 aliphatic heterocycles. The average molecular weight is 273 g/mol. The van der Waals surface area contributed by atoms with Crippen LogP contribution in [0.3, 0.4) is 0 Å². The largest absolute Gasteiger partial charge is 0.300 e. The van der Waals surface area contributed by atoms with E-state index in [1.165, 1.54) is 5.56 Å². The van der Waals surface area contributed by atoms with E-state index in [1.54, 1.807) is 4.68 Å². The van der Waals surface area contributed by atoms with Crippen molar-refractivity contribution in [1.82, 2.24) is 9.78 Å². The van der Waals surface area contributed by atoms with Crippen molar-refractivity contribution in [3.8, 4) is 0 Å². The Bertz CT molecular complexity index is 309. The third kappa shape index (κ3) is 5.11. The van der Waals surface area contributed by atoms with Crippen LogP contribution in [-0.2, 0) is 18.3 Å². The number of Topliss-reactive ketones (excluding diaryl/α,β-unsaturated/α-hetero) is 1. The molecule has 0 unspecified atom stereocenters. The summed E-state index contributed by atoms with van der Waals surface area (Å²) >= 11 is 3.32. The molecule has 0 fully saturated rings. The minimum atomic E-state index is 0.373. The van der Waals surface area contributed by atoms with E-state index in [2.05, 4.69) is 21.0 Å². The Morgan fingerprint density at radius 1 is 1.47 bits per heavy atom. The molecular formula is C11H17BrN2O. The number of alkyl halides is 1. The second kappa shape index (κ2) is 6.77. The molecule has 15 heavy (non-hydrogen) atoms. The first-order valence-electron chi connectivity index (χ1n) is 5.27. The maximum Gasteiger partial charge on any atom is 0.132 e. The molecule has 0 aromatic carbocycles. The predicted molar refractivity (Wildman–Crippen MR) is 64.2 cm³/mol. The monoisotopic (exact) mass is 272 g/mol. The van der Waals surface area contributed by atoms with E-state index in [9.17, 15) is 4.79 Å². The summed E-state index contributed by atoms with van der Waals surface area (Å²) < 4.78 is 1.79. The van der Waals surface area contributed by atoms with Crippen molar-refractivity contribution in [3.63, 3.8) is 0 Å². The highest BCUT2D eigenvalue weighted by Gasteiger charge is 2.02. The molecule has 4 heteroatoms. The van der Waals surface area contributed by atoms with Crippen molar-refractivity contribution in [2.75, 3.05) is 5.33 Å². The number of aryl methyl sites for hydroxylation is 2. The molecule has 0 saturated carbocycles. The lowest BCUT2D eigenvalue weighted by molar-refractivity contribution is -0.119. The lowest BCUT2D eigenvalue weighted by atomic mass is 10.1. The topological polar surface area (TPSA) is 34.9 Å². The molecule has 0 amide bonds. The van der Waals surface area contributed by atoms with Gasteiger partial charge in [0.1, 0.15) is 5.78 Å². The highest BCUT2D eigenvalue weighted by molar-refractivity contribution is 9.09. The van der Waals surface area contributed by atoms with Gasteiger partial charge in [-0.3, -0.25) is 9.48 Å². The van der Waals surface area contributed by atoms with E-state index >= 15 is 0 Å². The summed E-state index contributed by atoms with van der Waals surface area (Å²) in [6, 6.07) is 0. The van der Waals surface area contributed by atoms with Gasteiger partial charge >= 0.3 is 0 Å². The number of ketones is 1. The number of hydrogen-bond donors (Lipinski definition) is 0. The van der Waals surface area contributed by atoms with Gasteiger partial charge in [-0.25, -0.2) is 0 Å². The van der Waals surface area contributed by atoms with Gasteiger partial charge in [-0.1, -0.05) is 15.9 Å². The summed E-state index contributed by atoms with van der Waals surface area (Å²) in [4.78, 5) is 11.4. The molecule has 0 bridgehead atoms. The van der Waals surface area contributed by atoms with Crippen LogP contribution in [0.25, 0.3) is 0 Å². The number of nitrogens with zero attached hydrogens (tertiary/aromatic N) is 2. The van der Waals surface area contributed by atoms with Gasteiger partial charge in [0.05, 0.1) is 6.20 Å². The fourth-order valence-electron chi connectivity index (χ4n) is 1.48. The van der Waals surface area contributed by atoms with Gasteiger partial charge < -0.3 is 0 Å². The minimum Gasteiger partial charge on any atom is -0.300 e. The van der Waals surface area contributed by atoms with Crippen LogP contribution >= 0.6 is 15.9 Å². The highest BCUT2D eigenvalue weighted by Crippen LogP contribution is 2.06. The molecule has 0 radical (unpaired) electrons. The molecule has 0 saturated heterocycles. The van der Waals surface area contributed by atoms with Crippen molar-refractivity contribution in [2.24, 2.45) is 7.05 Å². The summed E-state index contributed by atoms with van der Waals surface area (Å²) in [5, 5.41) is 5.01. The summed E-state index contributed by atoms with van der Waals surface area (Å²) in [6.07, 6.45) is 8.11. The second-order valence-electron chi connectivity index (χ2n) is 3.71. The maximum absolute atomic E-state index is 11.4. The van der Waals surface area contributed by atoms with Crippen LogP contribution in [0.5, 0.6) is 0 Å². The second-order valence-corrected chi connectivity index (χ2v) is 4.50. The minimum absolute atomic E-state index is 0.373. The molecule has 0 aliphatic rings. The molecule has 1 aromatic rings. The molecule has 1 rings (SSSR count). The molecule has 0 spiro atoms. The molecule has 0 N–H and O–H groups in total. The van der Waals surface area contributed by atoms with Gasteiger partial charge in [0, 0.05) is 31.4 Å². The van der Waals surface area contributed by atoms with Crippen molar-refractivity contribution < 1.29 is 4.79 Å². The van der Waals surface area contributed by atoms with Gasteiger partial charge in [0.25, 0.3) is 0 Å². The van der Waals surface area contributed by atoms with Crippen LogP contribution in [0.15, 0.2) is 12.4 Å². The van der Waals surface area contributed by atoms with Crippen LogP contribution in [-0.4, -0.2) is 20.9 Å². The molecule has 1 aromatic heterocycles. The number of carbonyl (C=O) groups is 1. The molecule has 84 valence electrons. The molecule has 1 heterocycles. The van der Waals surface area contributed by atoms with Crippen molar-refractivity contribution in [1.29, 1.82) is 0 Å². The van der Waals surface area contributed by atoms with Gasteiger partial charge in [0.15, 0.2) is 0 Å². The fraction of sp³-hybridized carbons (Fsp3) is 0.636.